The minimum absolute atomic E-state index is 0.301. The van der Waals surface area contributed by atoms with Crippen molar-refractivity contribution < 1.29 is 14.6 Å². The Morgan fingerprint density at radius 2 is 1.79 bits per heavy atom. The van der Waals surface area contributed by atoms with E-state index in [4.69, 9.17) is 4.74 Å². The van der Waals surface area contributed by atoms with Crippen molar-refractivity contribution in [2.75, 3.05) is 6.61 Å². The minimum atomic E-state index is -0.301. The Kier molecular flexibility index (Phi) is 9.88. The van der Waals surface area contributed by atoms with Crippen molar-refractivity contribution in [3.8, 4) is 0 Å². The molecule has 0 heterocycles. The second kappa shape index (κ2) is 12.4. The number of carbonyl (C=O) groups is 1. The lowest BCUT2D eigenvalue weighted by Crippen LogP contribution is -2.10. The molecule has 0 atom stereocenters. The average Bonchev–Trinajstić information content (AvgIpc) is 2.61. The van der Waals surface area contributed by atoms with Gasteiger partial charge in [-0.1, -0.05) is 81.4 Å². The lowest BCUT2D eigenvalue weighted by molar-refractivity contribution is -0.137. The van der Waals surface area contributed by atoms with Gasteiger partial charge >= 0.3 is 5.97 Å². The summed E-state index contributed by atoms with van der Waals surface area (Å²) in [6, 6.07) is 8.03. The van der Waals surface area contributed by atoms with Crippen LogP contribution in [0.2, 0.25) is 0 Å². The van der Waals surface area contributed by atoms with E-state index in [1.807, 2.05) is 24.3 Å². The summed E-state index contributed by atoms with van der Waals surface area (Å²) in [7, 11) is 0. The Morgan fingerprint density at radius 1 is 1.11 bits per heavy atom. The number of benzene rings is 1. The van der Waals surface area contributed by atoms with Crippen LogP contribution in [0.5, 0.6) is 0 Å². The lowest BCUT2D eigenvalue weighted by atomic mass is 9.82. The monoisotopic (exact) mass is 384 g/mol. The second-order valence-electron chi connectivity index (χ2n) is 8.04. The highest BCUT2D eigenvalue weighted by molar-refractivity contribution is 5.81. The summed E-state index contributed by atoms with van der Waals surface area (Å²) in [5.41, 5.74) is 3.40. The molecule has 1 N–H and O–H groups in total. The van der Waals surface area contributed by atoms with Crippen molar-refractivity contribution in [1.29, 1.82) is 0 Å². The van der Waals surface area contributed by atoms with Gasteiger partial charge in [0, 0.05) is 11.6 Å². The SMILES string of the molecule is C=CC(=O)OCCCCCCC1CCC1.Cc1ccc(C(O)=C2CCC2)cc1. The molecular weight excluding hydrogens is 348 g/mol. The highest BCUT2D eigenvalue weighted by Gasteiger charge is 2.16. The highest BCUT2D eigenvalue weighted by Crippen LogP contribution is 2.32. The molecule has 0 amide bonds. The first kappa shape index (κ1) is 22.3. The molecule has 2 aliphatic rings. The summed E-state index contributed by atoms with van der Waals surface area (Å²) >= 11 is 0. The summed E-state index contributed by atoms with van der Waals surface area (Å²) in [5.74, 6) is 1.24. The zero-order valence-corrected chi connectivity index (χ0v) is 17.4. The first-order valence-corrected chi connectivity index (χ1v) is 10.9. The molecule has 0 spiro atoms. The molecule has 0 radical (unpaired) electrons. The van der Waals surface area contributed by atoms with Gasteiger partial charge in [-0.2, -0.15) is 0 Å². The van der Waals surface area contributed by atoms with E-state index < -0.39 is 0 Å². The Hall–Kier alpha value is -2.03. The molecule has 3 heteroatoms. The molecule has 0 aromatic heterocycles. The predicted molar refractivity (Wildman–Crippen MR) is 116 cm³/mol. The van der Waals surface area contributed by atoms with Gasteiger partial charge in [-0.15, -0.1) is 0 Å². The van der Waals surface area contributed by atoms with Gasteiger partial charge in [0.2, 0.25) is 0 Å². The third-order valence-electron chi connectivity index (χ3n) is 5.76. The highest BCUT2D eigenvalue weighted by atomic mass is 16.5. The summed E-state index contributed by atoms with van der Waals surface area (Å²) in [4.78, 5) is 10.7. The van der Waals surface area contributed by atoms with Gasteiger partial charge < -0.3 is 9.84 Å². The van der Waals surface area contributed by atoms with E-state index in [9.17, 15) is 9.90 Å². The number of rotatable bonds is 9. The van der Waals surface area contributed by atoms with E-state index in [1.54, 1.807) is 0 Å². The topological polar surface area (TPSA) is 46.5 Å². The third-order valence-corrected chi connectivity index (χ3v) is 5.76. The van der Waals surface area contributed by atoms with Crippen LogP contribution in [0.15, 0.2) is 42.5 Å². The van der Waals surface area contributed by atoms with Crippen molar-refractivity contribution in [2.24, 2.45) is 5.92 Å². The van der Waals surface area contributed by atoms with Gasteiger partial charge in [0.25, 0.3) is 0 Å². The number of carbonyl (C=O) groups excluding carboxylic acids is 1. The normalized spacial score (nSPS) is 15.5. The number of allylic oxidation sites excluding steroid dienone is 1. The Labute approximate surface area is 170 Å². The average molecular weight is 385 g/mol. The molecule has 0 unspecified atom stereocenters. The molecule has 0 saturated heterocycles. The second-order valence-corrected chi connectivity index (χ2v) is 8.04. The fourth-order valence-electron chi connectivity index (χ4n) is 3.41. The van der Waals surface area contributed by atoms with E-state index >= 15 is 0 Å². The van der Waals surface area contributed by atoms with Crippen molar-refractivity contribution >= 4 is 11.7 Å². The van der Waals surface area contributed by atoms with Crippen LogP contribution in [-0.4, -0.2) is 17.7 Å². The van der Waals surface area contributed by atoms with Crippen molar-refractivity contribution in [1.82, 2.24) is 0 Å². The molecule has 1 aromatic carbocycles. The Bertz CT molecular complexity index is 632. The fraction of sp³-hybridized carbons (Fsp3) is 0.560. The molecule has 2 aliphatic carbocycles. The molecule has 3 nitrogen and oxygen atoms in total. The Morgan fingerprint density at radius 3 is 2.32 bits per heavy atom. The minimum Gasteiger partial charge on any atom is -0.507 e. The number of aryl methyl sites for hydroxylation is 1. The van der Waals surface area contributed by atoms with Gasteiger partial charge in [-0.05, 0) is 44.1 Å². The van der Waals surface area contributed by atoms with Crippen LogP contribution in [0, 0.1) is 12.8 Å². The van der Waals surface area contributed by atoms with E-state index in [2.05, 4.69) is 13.5 Å². The number of hydrogen-bond donors (Lipinski definition) is 1. The van der Waals surface area contributed by atoms with Gasteiger partial charge in [0.05, 0.1) is 6.61 Å². The standard InChI is InChI=1S/C13H22O2.C12H14O/c1-2-13(14)15-11-6-4-3-5-8-12-9-7-10-12;1-9-5-7-11(8-6-9)12(13)10-3-2-4-10/h2,12H,1,3-11H2;5-8,13H,2-4H2,1H3. The first-order chi connectivity index (χ1) is 13.6. The maximum absolute atomic E-state index is 10.7. The Balaban J connectivity index is 0.000000202. The van der Waals surface area contributed by atoms with E-state index in [1.165, 1.54) is 68.6 Å². The van der Waals surface area contributed by atoms with E-state index in [-0.39, 0.29) is 5.97 Å². The maximum Gasteiger partial charge on any atom is 0.330 e. The van der Waals surface area contributed by atoms with Crippen LogP contribution >= 0.6 is 0 Å². The van der Waals surface area contributed by atoms with Crippen LogP contribution in [0.4, 0.5) is 0 Å². The van der Waals surface area contributed by atoms with Gasteiger partial charge in [-0.25, -0.2) is 4.79 Å². The van der Waals surface area contributed by atoms with E-state index in [0.717, 1.165) is 30.7 Å². The van der Waals surface area contributed by atoms with Crippen LogP contribution in [-0.2, 0) is 9.53 Å². The zero-order chi connectivity index (χ0) is 20.2. The maximum atomic E-state index is 10.7. The molecular formula is C25H36O3. The summed E-state index contributed by atoms with van der Waals surface area (Å²) < 4.78 is 4.89. The zero-order valence-electron chi connectivity index (χ0n) is 17.4. The van der Waals surface area contributed by atoms with Crippen LogP contribution in [0.25, 0.3) is 5.76 Å². The molecule has 28 heavy (non-hydrogen) atoms. The third kappa shape index (κ3) is 7.92. The van der Waals surface area contributed by atoms with Crippen LogP contribution in [0.1, 0.15) is 81.8 Å². The number of aliphatic hydroxyl groups is 1. The molecule has 154 valence electrons. The predicted octanol–water partition coefficient (Wildman–Crippen LogP) is 6.91. The first-order valence-electron chi connectivity index (χ1n) is 10.9. The molecule has 0 bridgehead atoms. The lowest BCUT2D eigenvalue weighted by Gasteiger charge is -2.24. The summed E-state index contributed by atoms with van der Waals surface area (Å²) in [6.45, 7) is 5.95. The number of aliphatic hydroxyl groups excluding tert-OH is 1. The van der Waals surface area contributed by atoms with Crippen molar-refractivity contribution in [3.05, 3.63) is 53.6 Å². The number of unbranched alkanes of at least 4 members (excludes halogenated alkanes) is 3. The van der Waals surface area contributed by atoms with Crippen LogP contribution < -0.4 is 0 Å². The van der Waals surface area contributed by atoms with Gasteiger partial charge in [0.1, 0.15) is 5.76 Å². The smallest absolute Gasteiger partial charge is 0.330 e. The van der Waals surface area contributed by atoms with Gasteiger partial charge in [0.15, 0.2) is 0 Å². The number of esters is 1. The molecule has 1 aromatic rings. The van der Waals surface area contributed by atoms with Gasteiger partial charge in [-0.3, -0.25) is 0 Å². The van der Waals surface area contributed by atoms with Crippen molar-refractivity contribution in [2.45, 2.75) is 77.6 Å². The summed E-state index contributed by atoms with van der Waals surface area (Å²) in [6.07, 6.45) is 15.1. The largest absolute Gasteiger partial charge is 0.507 e. The number of hydrogen-bond acceptors (Lipinski definition) is 3. The van der Waals surface area contributed by atoms with Crippen molar-refractivity contribution in [3.63, 3.8) is 0 Å². The molecule has 2 saturated carbocycles. The molecule has 3 rings (SSSR count). The quantitative estimate of drug-likeness (QED) is 0.218. The molecule has 0 aliphatic heterocycles. The number of ether oxygens (including phenoxy) is 1. The fourth-order valence-corrected chi connectivity index (χ4v) is 3.41. The molecule has 2 fully saturated rings. The van der Waals surface area contributed by atoms with E-state index in [0.29, 0.717) is 12.4 Å². The summed E-state index contributed by atoms with van der Waals surface area (Å²) in [5, 5.41) is 9.81. The van der Waals surface area contributed by atoms with Crippen LogP contribution in [0.3, 0.4) is 0 Å².